The Morgan fingerprint density at radius 2 is 2.17 bits per heavy atom. The highest BCUT2D eigenvalue weighted by Crippen LogP contribution is 2.29. The molecule has 12 heavy (non-hydrogen) atoms. The molecule has 0 bridgehead atoms. The Hall–Kier alpha value is -0.730. The minimum absolute atomic E-state index is 0.232. The maximum Gasteiger partial charge on any atom is 0.117 e. The predicted octanol–water partition coefficient (Wildman–Crippen LogP) is 1.73. The number of rotatable bonds is 1. The van der Waals surface area contributed by atoms with E-state index in [1.54, 1.807) is 12.1 Å². The van der Waals surface area contributed by atoms with Crippen LogP contribution in [0.5, 0.6) is 5.75 Å². The number of nitrogens with one attached hydrogen (secondary N) is 1. The predicted molar refractivity (Wildman–Crippen MR) is 48.7 cm³/mol. The zero-order chi connectivity index (χ0) is 8.55. The molecular weight excluding hydrogens is 174 g/mol. The van der Waals surface area contributed by atoms with E-state index >= 15 is 0 Å². The minimum atomic E-state index is 0.232. The molecule has 0 aromatic heterocycles. The van der Waals surface area contributed by atoms with Crippen LogP contribution in [0.1, 0.15) is 11.5 Å². The van der Waals surface area contributed by atoms with E-state index in [0.29, 0.717) is 10.9 Å². The van der Waals surface area contributed by atoms with Crippen LogP contribution in [0, 0.1) is 0 Å². The van der Waals surface area contributed by atoms with Crippen LogP contribution in [-0.4, -0.2) is 18.2 Å². The lowest BCUT2D eigenvalue weighted by atomic mass is 9.94. The van der Waals surface area contributed by atoms with Gasteiger partial charge in [-0.3, -0.25) is 0 Å². The molecule has 1 aromatic rings. The molecular formula is C9H10ClNO. The van der Waals surface area contributed by atoms with Gasteiger partial charge in [0.05, 0.1) is 0 Å². The third kappa shape index (κ3) is 1.28. The first kappa shape index (κ1) is 7.90. The molecule has 64 valence electrons. The van der Waals surface area contributed by atoms with Crippen molar-refractivity contribution in [1.29, 1.82) is 0 Å². The van der Waals surface area contributed by atoms with E-state index < -0.39 is 0 Å². The molecule has 2 rings (SSSR count). The van der Waals surface area contributed by atoms with Gasteiger partial charge in [-0.15, -0.1) is 0 Å². The summed E-state index contributed by atoms with van der Waals surface area (Å²) in [6.45, 7) is 1.98. The second kappa shape index (κ2) is 2.96. The van der Waals surface area contributed by atoms with Gasteiger partial charge >= 0.3 is 0 Å². The SMILES string of the molecule is Oc1ccc(C2CNC2)c(Cl)c1. The van der Waals surface area contributed by atoms with E-state index in [1.807, 2.05) is 6.07 Å². The van der Waals surface area contributed by atoms with Crippen molar-refractivity contribution in [3.63, 3.8) is 0 Å². The second-order valence-electron chi connectivity index (χ2n) is 3.06. The fraction of sp³-hybridized carbons (Fsp3) is 0.333. The number of benzene rings is 1. The molecule has 0 radical (unpaired) electrons. The van der Waals surface area contributed by atoms with Crippen LogP contribution in [0.2, 0.25) is 5.02 Å². The number of hydrogen-bond acceptors (Lipinski definition) is 2. The van der Waals surface area contributed by atoms with Gasteiger partial charge < -0.3 is 10.4 Å². The van der Waals surface area contributed by atoms with Crippen molar-refractivity contribution in [3.05, 3.63) is 28.8 Å². The van der Waals surface area contributed by atoms with Crippen molar-refractivity contribution < 1.29 is 5.11 Å². The Bertz CT molecular complexity index is 297. The summed E-state index contributed by atoms with van der Waals surface area (Å²) in [6.07, 6.45) is 0. The summed E-state index contributed by atoms with van der Waals surface area (Å²) in [5.74, 6) is 0.758. The van der Waals surface area contributed by atoms with Crippen molar-refractivity contribution in [2.75, 3.05) is 13.1 Å². The standard InChI is InChI=1S/C9H10ClNO/c10-9-3-7(12)1-2-8(9)6-4-11-5-6/h1-3,6,11-12H,4-5H2. The minimum Gasteiger partial charge on any atom is -0.508 e. The molecule has 0 amide bonds. The smallest absolute Gasteiger partial charge is 0.117 e. The van der Waals surface area contributed by atoms with Gasteiger partial charge in [0, 0.05) is 24.0 Å². The van der Waals surface area contributed by atoms with Crippen molar-refractivity contribution in [2.45, 2.75) is 5.92 Å². The van der Waals surface area contributed by atoms with Crippen molar-refractivity contribution in [2.24, 2.45) is 0 Å². The number of phenols is 1. The summed E-state index contributed by atoms with van der Waals surface area (Å²) in [4.78, 5) is 0. The average molecular weight is 184 g/mol. The molecule has 0 spiro atoms. The molecule has 0 atom stereocenters. The monoisotopic (exact) mass is 183 g/mol. The number of hydrogen-bond donors (Lipinski definition) is 2. The van der Waals surface area contributed by atoms with E-state index in [2.05, 4.69) is 5.32 Å². The van der Waals surface area contributed by atoms with E-state index in [4.69, 9.17) is 16.7 Å². The molecule has 2 nitrogen and oxygen atoms in total. The molecule has 0 aliphatic carbocycles. The van der Waals surface area contributed by atoms with E-state index in [1.165, 1.54) is 0 Å². The summed E-state index contributed by atoms with van der Waals surface area (Å²) >= 11 is 5.95. The maximum atomic E-state index is 9.11. The molecule has 1 fully saturated rings. The van der Waals surface area contributed by atoms with E-state index in [0.717, 1.165) is 18.7 Å². The number of aromatic hydroxyl groups is 1. The Labute approximate surface area is 76.2 Å². The molecule has 1 aromatic carbocycles. The van der Waals surface area contributed by atoms with Crippen molar-refractivity contribution >= 4 is 11.6 Å². The van der Waals surface area contributed by atoms with Crippen LogP contribution >= 0.6 is 11.6 Å². The highest BCUT2D eigenvalue weighted by atomic mass is 35.5. The van der Waals surface area contributed by atoms with Crippen molar-refractivity contribution in [3.8, 4) is 5.75 Å². The Balaban J connectivity index is 2.31. The molecule has 1 saturated heterocycles. The molecule has 0 unspecified atom stereocenters. The first-order valence-electron chi connectivity index (χ1n) is 3.96. The summed E-state index contributed by atoms with van der Waals surface area (Å²) in [6, 6.07) is 5.16. The highest BCUT2D eigenvalue weighted by molar-refractivity contribution is 6.31. The van der Waals surface area contributed by atoms with E-state index in [9.17, 15) is 0 Å². The zero-order valence-electron chi connectivity index (χ0n) is 6.55. The van der Waals surface area contributed by atoms with Crippen LogP contribution < -0.4 is 5.32 Å². The molecule has 0 saturated carbocycles. The molecule has 1 aliphatic rings. The molecule has 2 N–H and O–H groups in total. The maximum absolute atomic E-state index is 9.11. The van der Waals surface area contributed by atoms with Crippen LogP contribution in [0.4, 0.5) is 0 Å². The Kier molecular flexibility index (Phi) is 1.95. The van der Waals surface area contributed by atoms with Gasteiger partial charge in [-0.05, 0) is 17.7 Å². The lowest BCUT2D eigenvalue weighted by Gasteiger charge is -2.28. The average Bonchev–Trinajstić information content (AvgIpc) is 1.91. The quantitative estimate of drug-likeness (QED) is 0.695. The summed E-state index contributed by atoms with van der Waals surface area (Å²) in [5.41, 5.74) is 1.13. The van der Waals surface area contributed by atoms with Gasteiger partial charge in [0.25, 0.3) is 0 Å². The third-order valence-corrected chi connectivity index (χ3v) is 2.53. The summed E-state index contributed by atoms with van der Waals surface area (Å²) in [5, 5.41) is 13.0. The van der Waals surface area contributed by atoms with Crippen molar-refractivity contribution in [1.82, 2.24) is 5.32 Å². The van der Waals surface area contributed by atoms with Crippen LogP contribution in [-0.2, 0) is 0 Å². The third-order valence-electron chi connectivity index (χ3n) is 2.21. The molecule has 1 heterocycles. The first-order valence-corrected chi connectivity index (χ1v) is 4.34. The van der Waals surface area contributed by atoms with Gasteiger partial charge in [-0.1, -0.05) is 17.7 Å². The van der Waals surface area contributed by atoms with Crippen LogP contribution in [0.3, 0.4) is 0 Å². The van der Waals surface area contributed by atoms with E-state index in [-0.39, 0.29) is 5.75 Å². The number of phenolic OH excluding ortho intramolecular Hbond substituents is 1. The summed E-state index contributed by atoms with van der Waals surface area (Å²) < 4.78 is 0. The first-order chi connectivity index (χ1) is 5.77. The fourth-order valence-electron chi connectivity index (χ4n) is 1.36. The normalized spacial score (nSPS) is 17.4. The molecule has 3 heteroatoms. The largest absolute Gasteiger partial charge is 0.508 e. The lowest BCUT2D eigenvalue weighted by Crippen LogP contribution is -2.39. The fourth-order valence-corrected chi connectivity index (χ4v) is 1.68. The van der Waals surface area contributed by atoms with Gasteiger partial charge in [-0.25, -0.2) is 0 Å². The second-order valence-corrected chi connectivity index (χ2v) is 3.47. The Morgan fingerprint density at radius 3 is 2.67 bits per heavy atom. The Morgan fingerprint density at radius 1 is 1.42 bits per heavy atom. The summed E-state index contributed by atoms with van der Waals surface area (Å²) in [7, 11) is 0. The topological polar surface area (TPSA) is 32.3 Å². The van der Waals surface area contributed by atoms with Gasteiger partial charge in [0.2, 0.25) is 0 Å². The molecule has 1 aliphatic heterocycles. The lowest BCUT2D eigenvalue weighted by molar-refractivity contribution is 0.446. The van der Waals surface area contributed by atoms with Crippen LogP contribution in [0.15, 0.2) is 18.2 Å². The van der Waals surface area contributed by atoms with Gasteiger partial charge in [-0.2, -0.15) is 0 Å². The van der Waals surface area contributed by atoms with Gasteiger partial charge in [0.15, 0.2) is 0 Å². The highest BCUT2D eigenvalue weighted by Gasteiger charge is 2.20. The zero-order valence-corrected chi connectivity index (χ0v) is 7.30. The number of halogens is 1. The van der Waals surface area contributed by atoms with Crippen LogP contribution in [0.25, 0.3) is 0 Å². The van der Waals surface area contributed by atoms with Gasteiger partial charge in [0.1, 0.15) is 5.75 Å².